The number of nitrogens with zero attached hydrogens (tertiary/aromatic N) is 2. The molecule has 1 aromatic heterocycles. The second-order valence-electron chi connectivity index (χ2n) is 10.5. The molecule has 10 heteroatoms. The predicted molar refractivity (Wildman–Crippen MR) is 165 cm³/mol. The Morgan fingerprint density at radius 1 is 1.07 bits per heavy atom. The first kappa shape index (κ1) is 30.4. The Bertz CT molecular complexity index is 1530. The molecule has 0 spiro atoms. The second kappa shape index (κ2) is 14.4. The molecular weight excluding hydrogens is 564 g/mol. The number of thiazole rings is 1. The van der Waals surface area contributed by atoms with Crippen molar-refractivity contribution in [3.05, 3.63) is 117 Å². The highest BCUT2D eigenvalue weighted by atomic mass is 32.1. The van der Waals surface area contributed by atoms with Crippen molar-refractivity contribution in [3.8, 4) is 5.75 Å². The minimum Gasteiger partial charge on any atom is -0.497 e. The van der Waals surface area contributed by atoms with E-state index < -0.39 is 12.1 Å². The number of hydrogen-bond acceptors (Lipinski definition) is 8. The van der Waals surface area contributed by atoms with E-state index in [2.05, 4.69) is 15.6 Å². The Kier molecular flexibility index (Phi) is 10.2. The van der Waals surface area contributed by atoms with Crippen LogP contribution in [0.1, 0.15) is 48.6 Å². The van der Waals surface area contributed by atoms with Crippen molar-refractivity contribution in [2.24, 2.45) is 0 Å². The Morgan fingerprint density at radius 2 is 1.84 bits per heavy atom. The van der Waals surface area contributed by atoms with Gasteiger partial charge >= 0.3 is 0 Å². The van der Waals surface area contributed by atoms with Crippen molar-refractivity contribution in [1.82, 2.24) is 20.5 Å². The van der Waals surface area contributed by atoms with Gasteiger partial charge in [0, 0.05) is 35.3 Å². The lowest BCUT2D eigenvalue weighted by Gasteiger charge is -2.25. The van der Waals surface area contributed by atoms with Gasteiger partial charge in [0.2, 0.25) is 0 Å². The molecule has 2 heterocycles. The van der Waals surface area contributed by atoms with Crippen LogP contribution in [0.2, 0.25) is 0 Å². The minimum atomic E-state index is -0.871. The molecule has 2 amide bonds. The van der Waals surface area contributed by atoms with Gasteiger partial charge in [0.1, 0.15) is 23.5 Å². The highest BCUT2D eigenvalue weighted by Crippen LogP contribution is 2.30. The van der Waals surface area contributed by atoms with Gasteiger partial charge in [0.15, 0.2) is 0 Å². The van der Waals surface area contributed by atoms with E-state index in [0.29, 0.717) is 30.7 Å². The van der Waals surface area contributed by atoms with E-state index in [-0.39, 0.29) is 31.1 Å². The van der Waals surface area contributed by atoms with Crippen LogP contribution in [0.25, 0.3) is 0 Å². The smallest absolute Gasteiger partial charge is 0.256 e. The van der Waals surface area contributed by atoms with E-state index >= 15 is 0 Å². The fourth-order valence-corrected chi connectivity index (χ4v) is 5.92. The third-order valence-corrected chi connectivity index (χ3v) is 8.40. The van der Waals surface area contributed by atoms with Gasteiger partial charge in [-0.3, -0.25) is 9.59 Å². The molecule has 1 aliphatic heterocycles. The van der Waals surface area contributed by atoms with Gasteiger partial charge in [0.05, 0.1) is 25.9 Å². The molecule has 43 heavy (non-hydrogen) atoms. The Hall–Kier alpha value is -4.09. The summed E-state index contributed by atoms with van der Waals surface area (Å²) >= 11 is 1.50. The maximum Gasteiger partial charge on any atom is 0.256 e. The second-order valence-corrected chi connectivity index (χ2v) is 11.4. The standard InChI is InChI=1S/C33H36N4O5S/c1-22-20-43-32(35-22)29-19-42-21-37(29)33(40)26-12-7-11-25(16-26)31(39)36-28(15-23-8-4-3-5-9-23)30(38)18-34-17-24-10-6-13-27(14-24)41-2/h3-14,16,20,28-30,34,38H,15,17-19,21H2,1-2H3,(H,36,39)/t28-,29+,30-/m0/s1. The molecule has 3 atom stereocenters. The van der Waals surface area contributed by atoms with E-state index in [1.807, 2.05) is 66.9 Å². The number of aliphatic hydroxyl groups is 1. The molecule has 3 aromatic carbocycles. The summed E-state index contributed by atoms with van der Waals surface area (Å²) in [5.74, 6) is 0.167. The molecule has 0 aliphatic carbocycles. The predicted octanol–water partition coefficient (Wildman–Crippen LogP) is 4.12. The maximum atomic E-state index is 13.5. The number of benzene rings is 3. The Morgan fingerprint density at radius 3 is 2.60 bits per heavy atom. The summed E-state index contributed by atoms with van der Waals surface area (Å²) in [5, 5.41) is 20.3. The Balaban J connectivity index is 1.27. The average molecular weight is 601 g/mol. The number of carbonyl (C=O) groups excluding carboxylic acids is 2. The third kappa shape index (κ3) is 7.85. The van der Waals surface area contributed by atoms with Crippen LogP contribution in [0, 0.1) is 6.92 Å². The highest BCUT2D eigenvalue weighted by Gasteiger charge is 2.33. The van der Waals surface area contributed by atoms with E-state index in [9.17, 15) is 14.7 Å². The summed E-state index contributed by atoms with van der Waals surface area (Å²) in [6.07, 6.45) is -0.434. The van der Waals surface area contributed by atoms with Crippen LogP contribution in [-0.2, 0) is 17.7 Å². The molecule has 0 bridgehead atoms. The third-order valence-electron chi connectivity index (χ3n) is 7.33. The van der Waals surface area contributed by atoms with Gasteiger partial charge in [-0.25, -0.2) is 4.98 Å². The number of aliphatic hydroxyl groups excluding tert-OH is 1. The van der Waals surface area contributed by atoms with Crippen LogP contribution in [0.15, 0.2) is 84.2 Å². The lowest BCUT2D eigenvalue weighted by atomic mass is 10.00. The van der Waals surface area contributed by atoms with Gasteiger partial charge in [0.25, 0.3) is 11.8 Å². The fraction of sp³-hybridized carbons (Fsp3) is 0.303. The minimum absolute atomic E-state index is 0.159. The first-order chi connectivity index (χ1) is 20.9. The van der Waals surface area contributed by atoms with Crippen molar-refractivity contribution in [1.29, 1.82) is 0 Å². The molecule has 224 valence electrons. The van der Waals surface area contributed by atoms with Crippen molar-refractivity contribution in [2.45, 2.75) is 38.1 Å². The highest BCUT2D eigenvalue weighted by molar-refractivity contribution is 7.09. The zero-order valence-electron chi connectivity index (χ0n) is 24.2. The number of hydrogen-bond donors (Lipinski definition) is 3. The van der Waals surface area contributed by atoms with E-state index in [4.69, 9.17) is 9.47 Å². The SMILES string of the molecule is COc1cccc(CNC[C@H](O)[C@H](Cc2ccccc2)NC(=O)c2cccc(C(=O)N3COC[C@@H]3c3nc(C)cs3)c2)c1. The summed E-state index contributed by atoms with van der Waals surface area (Å²) in [7, 11) is 1.62. The van der Waals surface area contributed by atoms with Crippen LogP contribution in [0.5, 0.6) is 5.75 Å². The first-order valence-electron chi connectivity index (χ1n) is 14.2. The van der Waals surface area contributed by atoms with Crippen LogP contribution in [0.3, 0.4) is 0 Å². The molecule has 0 unspecified atom stereocenters. The molecule has 0 saturated carbocycles. The molecule has 1 aliphatic rings. The molecule has 5 rings (SSSR count). The zero-order valence-corrected chi connectivity index (χ0v) is 25.0. The van der Waals surface area contributed by atoms with Gasteiger partial charge < -0.3 is 30.1 Å². The van der Waals surface area contributed by atoms with Crippen LogP contribution in [-0.4, -0.2) is 65.9 Å². The number of aromatic nitrogens is 1. The van der Waals surface area contributed by atoms with Crippen molar-refractivity contribution in [3.63, 3.8) is 0 Å². The number of nitrogens with one attached hydrogen (secondary N) is 2. The number of carbonyl (C=O) groups is 2. The number of aryl methyl sites for hydroxylation is 1. The molecule has 4 aromatic rings. The van der Waals surface area contributed by atoms with Gasteiger partial charge in [-0.2, -0.15) is 0 Å². The number of ether oxygens (including phenoxy) is 2. The zero-order chi connectivity index (χ0) is 30.2. The normalized spacial score (nSPS) is 16.1. The molecule has 3 N–H and O–H groups in total. The molecule has 0 radical (unpaired) electrons. The van der Waals surface area contributed by atoms with Crippen LogP contribution >= 0.6 is 11.3 Å². The van der Waals surface area contributed by atoms with Gasteiger partial charge in [-0.15, -0.1) is 11.3 Å². The molecular formula is C33H36N4O5S. The summed E-state index contributed by atoms with van der Waals surface area (Å²) in [5.41, 5.74) is 3.63. The average Bonchev–Trinajstić information content (AvgIpc) is 3.70. The summed E-state index contributed by atoms with van der Waals surface area (Å²) in [6.45, 7) is 3.26. The topological polar surface area (TPSA) is 113 Å². The van der Waals surface area contributed by atoms with E-state index in [0.717, 1.165) is 27.6 Å². The number of amides is 2. The van der Waals surface area contributed by atoms with E-state index in [1.165, 1.54) is 11.3 Å². The first-order valence-corrected chi connectivity index (χ1v) is 15.1. The maximum absolute atomic E-state index is 13.5. The van der Waals surface area contributed by atoms with Crippen molar-refractivity contribution >= 4 is 23.2 Å². The lowest BCUT2D eigenvalue weighted by molar-refractivity contribution is 0.0658. The summed E-state index contributed by atoms with van der Waals surface area (Å²) < 4.78 is 10.9. The molecule has 1 saturated heterocycles. The fourth-order valence-electron chi connectivity index (χ4n) is 5.02. The number of rotatable bonds is 12. The van der Waals surface area contributed by atoms with E-state index in [1.54, 1.807) is 36.3 Å². The van der Waals surface area contributed by atoms with Crippen LogP contribution in [0.4, 0.5) is 0 Å². The van der Waals surface area contributed by atoms with Gasteiger partial charge in [-0.1, -0.05) is 48.5 Å². The molecule has 1 fully saturated rings. The largest absolute Gasteiger partial charge is 0.497 e. The van der Waals surface area contributed by atoms with Gasteiger partial charge in [-0.05, 0) is 54.8 Å². The summed E-state index contributed by atoms with van der Waals surface area (Å²) in [4.78, 5) is 33.2. The monoisotopic (exact) mass is 600 g/mol. The van der Waals surface area contributed by atoms with Crippen molar-refractivity contribution in [2.75, 3.05) is 27.0 Å². The van der Waals surface area contributed by atoms with Crippen LogP contribution < -0.4 is 15.4 Å². The quantitative estimate of drug-likeness (QED) is 0.224. The summed E-state index contributed by atoms with van der Waals surface area (Å²) in [6, 6.07) is 23.2. The van der Waals surface area contributed by atoms with Crippen molar-refractivity contribution < 1.29 is 24.2 Å². The lowest BCUT2D eigenvalue weighted by Crippen LogP contribution is -2.48. The number of methoxy groups -OCH3 is 1. The Labute approximate surface area is 255 Å². The molecule has 9 nitrogen and oxygen atoms in total.